The normalized spacial score (nSPS) is 11.2. The Balaban J connectivity index is 2.01. The summed E-state index contributed by atoms with van der Waals surface area (Å²) in [5.74, 6) is 0.690. The van der Waals surface area contributed by atoms with E-state index in [-0.39, 0.29) is 18.1 Å². The van der Waals surface area contributed by atoms with Crippen molar-refractivity contribution in [2.75, 3.05) is 20.8 Å². The molecule has 1 amide bonds. The van der Waals surface area contributed by atoms with Gasteiger partial charge in [0.05, 0.1) is 20.6 Å². The number of methoxy groups -OCH3 is 2. The maximum Gasteiger partial charge on any atom is 0.224 e. The maximum atomic E-state index is 13.2. The Morgan fingerprint density at radius 3 is 2.42 bits per heavy atom. The molecule has 2 aromatic carbocycles. The lowest BCUT2D eigenvalue weighted by Crippen LogP contribution is -2.37. The fraction of sp³-hybridized carbons (Fsp3) is 0.350. The lowest BCUT2D eigenvalue weighted by Gasteiger charge is -2.26. The molecule has 0 bridgehead atoms. The number of rotatable bonds is 7. The zero-order valence-electron chi connectivity index (χ0n) is 15.4. The van der Waals surface area contributed by atoms with Gasteiger partial charge in [-0.15, -0.1) is 0 Å². The smallest absolute Gasteiger partial charge is 0.224 e. The SMILES string of the molecule is COc1ccc(CC(=O)NCC(C)(C)c2ccc(F)cc2Cl)cc1OC. The van der Waals surface area contributed by atoms with Crippen molar-refractivity contribution >= 4 is 17.5 Å². The number of halogens is 2. The molecule has 140 valence electrons. The van der Waals surface area contributed by atoms with E-state index in [9.17, 15) is 9.18 Å². The molecule has 1 N–H and O–H groups in total. The molecule has 0 unspecified atom stereocenters. The molecule has 0 saturated carbocycles. The molecule has 2 rings (SSSR count). The second-order valence-electron chi connectivity index (χ2n) is 6.65. The van der Waals surface area contributed by atoms with Crippen molar-refractivity contribution in [3.05, 3.63) is 58.4 Å². The van der Waals surface area contributed by atoms with Crippen LogP contribution < -0.4 is 14.8 Å². The topological polar surface area (TPSA) is 47.6 Å². The van der Waals surface area contributed by atoms with Crippen molar-refractivity contribution in [2.45, 2.75) is 25.7 Å². The van der Waals surface area contributed by atoms with E-state index in [1.165, 1.54) is 12.1 Å². The van der Waals surface area contributed by atoms with Crippen LogP contribution in [0, 0.1) is 5.82 Å². The average Bonchev–Trinajstić information content (AvgIpc) is 2.59. The molecule has 26 heavy (non-hydrogen) atoms. The number of ether oxygens (including phenoxy) is 2. The molecule has 0 heterocycles. The largest absolute Gasteiger partial charge is 0.493 e. The highest BCUT2D eigenvalue weighted by Crippen LogP contribution is 2.30. The van der Waals surface area contributed by atoms with Gasteiger partial charge in [0.25, 0.3) is 0 Å². The highest BCUT2D eigenvalue weighted by atomic mass is 35.5. The van der Waals surface area contributed by atoms with Gasteiger partial charge >= 0.3 is 0 Å². The minimum Gasteiger partial charge on any atom is -0.493 e. The van der Waals surface area contributed by atoms with Crippen LogP contribution in [-0.2, 0) is 16.6 Å². The van der Waals surface area contributed by atoms with Crippen LogP contribution in [0.2, 0.25) is 5.02 Å². The minimum atomic E-state index is -0.432. The summed E-state index contributed by atoms with van der Waals surface area (Å²) in [5.41, 5.74) is 1.17. The van der Waals surface area contributed by atoms with E-state index in [0.717, 1.165) is 11.1 Å². The quantitative estimate of drug-likeness (QED) is 0.786. The fourth-order valence-electron chi connectivity index (χ4n) is 2.69. The summed E-state index contributed by atoms with van der Waals surface area (Å²) in [6.07, 6.45) is 0.216. The molecule has 0 aliphatic heterocycles. The summed E-state index contributed by atoms with van der Waals surface area (Å²) in [4.78, 5) is 12.3. The number of nitrogens with one attached hydrogen (secondary N) is 1. The summed E-state index contributed by atoms with van der Waals surface area (Å²) < 4.78 is 23.7. The van der Waals surface area contributed by atoms with E-state index in [0.29, 0.717) is 23.1 Å². The van der Waals surface area contributed by atoms with Crippen LogP contribution in [0.1, 0.15) is 25.0 Å². The number of hydrogen-bond donors (Lipinski definition) is 1. The van der Waals surface area contributed by atoms with E-state index < -0.39 is 5.41 Å². The monoisotopic (exact) mass is 379 g/mol. The lowest BCUT2D eigenvalue weighted by molar-refractivity contribution is -0.120. The second kappa shape index (κ2) is 8.41. The van der Waals surface area contributed by atoms with Crippen LogP contribution in [-0.4, -0.2) is 26.7 Å². The summed E-state index contributed by atoms with van der Waals surface area (Å²) in [7, 11) is 3.11. The van der Waals surface area contributed by atoms with Crippen LogP contribution >= 0.6 is 11.6 Å². The molecule has 0 radical (unpaired) electrons. The van der Waals surface area contributed by atoms with Gasteiger partial charge in [0.2, 0.25) is 5.91 Å². The third kappa shape index (κ3) is 4.88. The van der Waals surface area contributed by atoms with Gasteiger partial charge in [0.1, 0.15) is 5.82 Å². The summed E-state index contributed by atoms with van der Waals surface area (Å²) in [6.45, 7) is 4.27. The molecule has 0 atom stereocenters. The molecule has 0 aliphatic rings. The maximum absolute atomic E-state index is 13.2. The molecule has 0 spiro atoms. The first-order valence-electron chi connectivity index (χ1n) is 8.20. The van der Waals surface area contributed by atoms with Gasteiger partial charge in [-0.25, -0.2) is 4.39 Å². The first-order chi connectivity index (χ1) is 12.3. The zero-order valence-corrected chi connectivity index (χ0v) is 16.1. The summed E-state index contributed by atoms with van der Waals surface area (Å²) >= 11 is 6.14. The molecular weight excluding hydrogens is 357 g/mol. The van der Waals surface area contributed by atoms with Crippen LogP contribution in [0.4, 0.5) is 4.39 Å². The van der Waals surface area contributed by atoms with Gasteiger partial charge in [-0.05, 0) is 35.4 Å². The Labute approximate surface area is 158 Å². The van der Waals surface area contributed by atoms with E-state index in [1.807, 2.05) is 19.9 Å². The van der Waals surface area contributed by atoms with Crippen molar-refractivity contribution in [1.29, 1.82) is 0 Å². The van der Waals surface area contributed by atoms with Gasteiger partial charge in [0, 0.05) is 17.0 Å². The third-order valence-electron chi connectivity index (χ3n) is 4.20. The molecule has 0 fully saturated rings. The van der Waals surface area contributed by atoms with Crippen LogP contribution in [0.5, 0.6) is 11.5 Å². The number of amides is 1. The Morgan fingerprint density at radius 2 is 1.81 bits per heavy atom. The highest BCUT2D eigenvalue weighted by Gasteiger charge is 2.24. The Hall–Kier alpha value is -2.27. The fourth-order valence-corrected chi connectivity index (χ4v) is 3.11. The van der Waals surface area contributed by atoms with Gasteiger partial charge < -0.3 is 14.8 Å². The summed E-state index contributed by atoms with van der Waals surface area (Å²) in [5, 5.41) is 3.27. The molecule has 0 saturated heterocycles. The molecule has 2 aromatic rings. The molecular formula is C20H23ClFNO3. The van der Waals surface area contributed by atoms with Gasteiger partial charge in [0.15, 0.2) is 11.5 Å². The molecule has 0 aromatic heterocycles. The lowest BCUT2D eigenvalue weighted by atomic mass is 9.84. The first kappa shape index (κ1) is 20.0. The van der Waals surface area contributed by atoms with Crippen molar-refractivity contribution < 1.29 is 18.7 Å². The van der Waals surface area contributed by atoms with Crippen molar-refractivity contribution in [2.24, 2.45) is 0 Å². The zero-order chi connectivity index (χ0) is 19.3. The number of carbonyl (C=O) groups is 1. The highest BCUT2D eigenvalue weighted by molar-refractivity contribution is 6.31. The first-order valence-corrected chi connectivity index (χ1v) is 8.58. The van der Waals surface area contributed by atoms with E-state index >= 15 is 0 Å². The average molecular weight is 380 g/mol. The van der Waals surface area contributed by atoms with Crippen LogP contribution in [0.3, 0.4) is 0 Å². The molecule has 4 nitrogen and oxygen atoms in total. The third-order valence-corrected chi connectivity index (χ3v) is 4.51. The Morgan fingerprint density at radius 1 is 1.12 bits per heavy atom. The minimum absolute atomic E-state index is 0.122. The van der Waals surface area contributed by atoms with Gasteiger partial charge in [-0.1, -0.05) is 37.6 Å². The van der Waals surface area contributed by atoms with Gasteiger partial charge in [-0.2, -0.15) is 0 Å². The van der Waals surface area contributed by atoms with E-state index in [4.69, 9.17) is 21.1 Å². The van der Waals surface area contributed by atoms with Crippen molar-refractivity contribution in [3.63, 3.8) is 0 Å². The number of hydrogen-bond acceptors (Lipinski definition) is 3. The molecule has 0 aliphatic carbocycles. The second-order valence-corrected chi connectivity index (χ2v) is 7.06. The predicted octanol–water partition coefficient (Wildman–Crippen LogP) is 4.13. The Bertz CT molecular complexity index is 793. The van der Waals surface area contributed by atoms with Crippen molar-refractivity contribution in [3.8, 4) is 11.5 Å². The van der Waals surface area contributed by atoms with Crippen molar-refractivity contribution in [1.82, 2.24) is 5.32 Å². The predicted molar refractivity (Wildman–Crippen MR) is 101 cm³/mol. The summed E-state index contributed by atoms with van der Waals surface area (Å²) in [6, 6.07) is 9.67. The standard InChI is InChI=1S/C20H23ClFNO3/c1-20(2,15-7-6-14(22)11-16(15)21)12-23-19(24)10-13-5-8-17(25-3)18(9-13)26-4/h5-9,11H,10,12H2,1-4H3,(H,23,24). The molecule has 6 heteroatoms. The van der Waals surface area contributed by atoms with Crippen LogP contribution in [0.25, 0.3) is 0 Å². The number of benzene rings is 2. The van der Waals surface area contributed by atoms with Crippen LogP contribution in [0.15, 0.2) is 36.4 Å². The number of carbonyl (C=O) groups excluding carboxylic acids is 1. The van der Waals surface area contributed by atoms with E-state index in [2.05, 4.69) is 5.32 Å². The van der Waals surface area contributed by atoms with Gasteiger partial charge in [-0.3, -0.25) is 4.79 Å². The Kier molecular flexibility index (Phi) is 6.48. The van der Waals surface area contributed by atoms with E-state index in [1.54, 1.807) is 32.4 Å².